The van der Waals surface area contributed by atoms with Crippen LogP contribution in [-0.2, 0) is 24.2 Å². The number of nitrogens with zero attached hydrogens (tertiary/aromatic N) is 2. The number of likely N-dealkylation sites (N-methyl/N-ethyl adjacent to an activating group) is 1. The third-order valence-corrected chi connectivity index (χ3v) is 5.93. The van der Waals surface area contributed by atoms with Crippen LogP contribution in [0.4, 0.5) is 4.79 Å². The van der Waals surface area contributed by atoms with E-state index in [0.29, 0.717) is 6.42 Å². The van der Waals surface area contributed by atoms with E-state index in [1.807, 2.05) is 43.4 Å². The fourth-order valence-electron chi connectivity index (χ4n) is 4.46. The summed E-state index contributed by atoms with van der Waals surface area (Å²) in [7, 11) is 1.82. The average Bonchev–Trinajstić information content (AvgIpc) is 2.71. The zero-order valence-corrected chi connectivity index (χ0v) is 15.5. The minimum atomic E-state index is -1.04. The Labute approximate surface area is 159 Å². The molecule has 5 nitrogen and oxygen atoms in total. The van der Waals surface area contributed by atoms with Crippen LogP contribution in [0.3, 0.4) is 0 Å². The van der Waals surface area contributed by atoms with Gasteiger partial charge in [0.25, 0.3) is 0 Å². The first-order valence-corrected chi connectivity index (χ1v) is 9.47. The van der Waals surface area contributed by atoms with Gasteiger partial charge in [-0.05, 0) is 41.5 Å². The molecule has 140 valence electrons. The van der Waals surface area contributed by atoms with Gasteiger partial charge >= 0.3 is 6.09 Å². The molecule has 0 radical (unpaired) electrons. The maximum atomic E-state index is 13.4. The first-order chi connectivity index (χ1) is 13.1. The van der Waals surface area contributed by atoms with Crippen molar-refractivity contribution < 1.29 is 14.7 Å². The summed E-state index contributed by atoms with van der Waals surface area (Å²) in [6.45, 7) is 0.261. The van der Waals surface area contributed by atoms with E-state index in [9.17, 15) is 14.7 Å². The van der Waals surface area contributed by atoms with Crippen LogP contribution in [0.15, 0.2) is 48.5 Å². The second-order valence-corrected chi connectivity index (χ2v) is 7.46. The number of fused-ring (bicyclic) bond motifs is 2. The number of amides is 2. The van der Waals surface area contributed by atoms with E-state index in [2.05, 4.69) is 12.1 Å². The molecule has 1 heterocycles. The van der Waals surface area contributed by atoms with Crippen molar-refractivity contribution in [2.24, 2.45) is 0 Å². The van der Waals surface area contributed by atoms with Gasteiger partial charge in [-0.1, -0.05) is 48.5 Å². The number of hydrogen-bond donors (Lipinski definition) is 1. The summed E-state index contributed by atoms with van der Waals surface area (Å²) in [5, 5.41) is 9.69. The largest absolute Gasteiger partial charge is 0.465 e. The summed E-state index contributed by atoms with van der Waals surface area (Å²) < 4.78 is 0. The molecule has 1 aliphatic heterocycles. The summed E-state index contributed by atoms with van der Waals surface area (Å²) in [6, 6.07) is 15.4. The molecule has 2 amide bonds. The number of carbonyl (C=O) groups excluding carboxylic acids is 1. The average molecular weight is 364 g/mol. The zero-order valence-electron chi connectivity index (χ0n) is 15.5. The van der Waals surface area contributed by atoms with Gasteiger partial charge in [0, 0.05) is 13.5 Å². The van der Waals surface area contributed by atoms with Crippen molar-refractivity contribution in [2.75, 3.05) is 7.05 Å². The third kappa shape index (κ3) is 3.18. The van der Waals surface area contributed by atoms with Crippen molar-refractivity contribution in [1.82, 2.24) is 9.80 Å². The van der Waals surface area contributed by atoms with Gasteiger partial charge in [-0.15, -0.1) is 0 Å². The van der Waals surface area contributed by atoms with Crippen molar-refractivity contribution in [2.45, 2.75) is 44.3 Å². The number of benzene rings is 2. The van der Waals surface area contributed by atoms with E-state index < -0.39 is 12.1 Å². The molecule has 4 rings (SSSR count). The minimum absolute atomic E-state index is 0.00950. The van der Waals surface area contributed by atoms with Gasteiger partial charge in [0.1, 0.15) is 6.04 Å². The summed E-state index contributed by atoms with van der Waals surface area (Å²) in [5.74, 6) is -0.117. The Bertz CT molecular complexity index is 879. The lowest BCUT2D eigenvalue weighted by Gasteiger charge is -2.39. The Morgan fingerprint density at radius 3 is 2.44 bits per heavy atom. The molecule has 1 N–H and O–H groups in total. The van der Waals surface area contributed by atoms with Crippen LogP contribution in [0.5, 0.6) is 0 Å². The summed E-state index contributed by atoms with van der Waals surface area (Å²) >= 11 is 0. The van der Waals surface area contributed by atoms with Crippen LogP contribution in [0.2, 0.25) is 0 Å². The second-order valence-electron chi connectivity index (χ2n) is 7.46. The molecule has 0 spiro atoms. The van der Waals surface area contributed by atoms with Gasteiger partial charge in [-0.3, -0.25) is 9.69 Å². The highest BCUT2D eigenvalue weighted by Gasteiger charge is 2.38. The van der Waals surface area contributed by atoms with Crippen molar-refractivity contribution in [1.29, 1.82) is 0 Å². The Balaban J connectivity index is 1.62. The Morgan fingerprint density at radius 2 is 1.70 bits per heavy atom. The molecule has 2 aliphatic rings. The first kappa shape index (κ1) is 17.6. The molecule has 2 atom stereocenters. The van der Waals surface area contributed by atoms with Gasteiger partial charge in [0.15, 0.2) is 0 Å². The molecule has 0 saturated carbocycles. The van der Waals surface area contributed by atoms with E-state index in [0.717, 1.165) is 30.4 Å². The van der Waals surface area contributed by atoms with E-state index in [-0.39, 0.29) is 18.5 Å². The zero-order chi connectivity index (χ0) is 19.0. The van der Waals surface area contributed by atoms with Crippen LogP contribution in [0.25, 0.3) is 0 Å². The summed E-state index contributed by atoms with van der Waals surface area (Å²) in [6.07, 6.45) is 2.37. The SMILES string of the molecule is CN(C(=O)C1Cc2ccccc2CN1C(=O)O)[C@@H]1CCCc2ccccc21. The van der Waals surface area contributed by atoms with Crippen molar-refractivity contribution >= 4 is 12.0 Å². The van der Waals surface area contributed by atoms with E-state index in [1.165, 1.54) is 16.0 Å². The van der Waals surface area contributed by atoms with E-state index in [4.69, 9.17) is 0 Å². The van der Waals surface area contributed by atoms with Crippen molar-refractivity contribution in [3.63, 3.8) is 0 Å². The fraction of sp³-hybridized carbons (Fsp3) is 0.364. The molecule has 0 aromatic heterocycles. The standard InChI is InChI=1S/C22H24N2O3/c1-23(19-12-6-10-15-7-4-5-11-18(15)19)21(25)20-13-16-8-2-3-9-17(16)14-24(20)22(26)27/h2-5,7-9,11,19-20H,6,10,12-14H2,1H3,(H,26,27)/t19-,20?/m1/s1. The topological polar surface area (TPSA) is 60.9 Å². The predicted octanol–water partition coefficient (Wildman–Crippen LogP) is 3.63. The van der Waals surface area contributed by atoms with E-state index in [1.54, 1.807) is 4.90 Å². The number of aryl methyl sites for hydroxylation is 1. The number of rotatable bonds is 2. The molecule has 0 bridgehead atoms. The highest BCUT2D eigenvalue weighted by atomic mass is 16.4. The van der Waals surface area contributed by atoms with Crippen LogP contribution in [0, 0.1) is 0 Å². The quantitative estimate of drug-likeness (QED) is 0.885. The molecule has 0 saturated heterocycles. The molecular weight excluding hydrogens is 340 g/mol. The lowest BCUT2D eigenvalue weighted by Crippen LogP contribution is -2.53. The van der Waals surface area contributed by atoms with Crippen molar-refractivity contribution in [3.05, 3.63) is 70.8 Å². The lowest BCUT2D eigenvalue weighted by molar-refractivity contribution is -0.138. The van der Waals surface area contributed by atoms with Crippen molar-refractivity contribution in [3.8, 4) is 0 Å². The van der Waals surface area contributed by atoms with Crippen LogP contribution in [0.1, 0.15) is 41.1 Å². The molecule has 2 aromatic carbocycles. The monoisotopic (exact) mass is 364 g/mol. The van der Waals surface area contributed by atoms with E-state index >= 15 is 0 Å². The fourth-order valence-corrected chi connectivity index (χ4v) is 4.46. The van der Waals surface area contributed by atoms with Gasteiger partial charge in [-0.25, -0.2) is 4.79 Å². The summed E-state index contributed by atoms with van der Waals surface area (Å²) in [5.41, 5.74) is 4.52. The Kier molecular flexibility index (Phi) is 4.60. The van der Waals surface area contributed by atoms with Crippen LogP contribution >= 0.6 is 0 Å². The molecule has 2 aromatic rings. The molecule has 27 heavy (non-hydrogen) atoms. The highest BCUT2D eigenvalue weighted by molar-refractivity contribution is 5.86. The minimum Gasteiger partial charge on any atom is -0.465 e. The molecule has 1 unspecified atom stereocenters. The lowest BCUT2D eigenvalue weighted by atomic mass is 9.86. The predicted molar refractivity (Wildman–Crippen MR) is 102 cm³/mol. The smallest absolute Gasteiger partial charge is 0.408 e. The Morgan fingerprint density at radius 1 is 1.04 bits per heavy atom. The number of carboxylic acid groups (broad SMARTS) is 1. The van der Waals surface area contributed by atoms with Gasteiger partial charge in [0.05, 0.1) is 12.6 Å². The maximum Gasteiger partial charge on any atom is 0.408 e. The molecule has 0 fully saturated rings. The van der Waals surface area contributed by atoms with Crippen LogP contribution in [-0.4, -0.2) is 40.0 Å². The Hall–Kier alpha value is -2.82. The normalized spacial score (nSPS) is 21.1. The first-order valence-electron chi connectivity index (χ1n) is 9.47. The molecule has 1 aliphatic carbocycles. The van der Waals surface area contributed by atoms with Gasteiger partial charge < -0.3 is 10.0 Å². The number of hydrogen-bond acceptors (Lipinski definition) is 2. The maximum absolute atomic E-state index is 13.4. The van der Waals surface area contributed by atoms with Gasteiger partial charge in [0.2, 0.25) is 5.91 Å². The third-order valence-electron chi connectivity index (χ3n) is 5.93. The second kappa shape index (κ2) is 7.06. The van der Waals surface area contributed by atoms with Crippen LogP contribution < -0.4 is 0 Å². The molecular formula is C22H24N2O3. The molecule has 5 heteroatoms. The summed E-state index contributed by atoms with van der Waals surface area (Å²) in [4.78, 5) is 28.2. The number of carbonyl (C=O) groups is 2. The van der Waals surface area contributed by atoms with Gasteiger partial charge in [-0.2, -0.15) is 0 Å². The highest BCUT2D eigenvalue weighted by Crippen LogP contribution is 2.35.